The number of halogens is 1. The minimum atomic E-state index is 0.319. The molecule has 0 amide bonds. The summed E-state index contributed by atoms with van der Waals surface area (Å²) in [5.74, 6) is 0.877. The van der Waals surface area contributed by atoms with Crippen molar-refractivity contribution in [3.05, 3.63) is 27.3 Å². The van der Waals surface area contributed by atoms with Crippen molar-refractivity contribution in [2.24, 2.45) is 0 Å². The van der Waals surface area contributed by atoms with Crippen LogP contribution in [0.5, 0.6) is 5.75 Å². The lowest BCUT2D eigenvalue weighted by molar-refractivity contribution is 0.413. The second-order valence-corrected chi connectivity index (χ2v) is 2.92. The number of hydrogen-bond acceptors (Lipinski definition) is 2. The second kappa shape index (κ2) is 3.53. The van der Waals surface area contributed by atoms with Gasteiger partial charge in [-0.2, -0.15) is 0 Å². The van der Waals surface area contributed by atoms with Crippen LogP contribution in [0.25, 0.3) is 4.85 Å². The maximum atomic E-state index is 6.76. The van der Waals surface area contributed by atoms with Crippen LogP contribution in [-0.4, -0.2) is 12.1 Å². The number of methoxy groups -OCH3 is 1. The molecular weight excluding hydrogens is 255 g/mol. The van der Waals surface area contributed by atoms with Gasteiger partial charge in [0, 0.05) is 3.57 Å². The molecule has 0 spiro atoms. The molecule has 0 bridgehead atoms. The lowest BCUT2D eigenvalue weighted by atomic mass is 10.4. The fraction of sp³-hybridized carbons (Fsp3) is 0.143. The third-order valence-corrected chi connectivity index (χ3v) is 2.00. The summed E-state index contributed by atoms with van der Waals surface area (Å²) >= 11 is 2.10. The zero-order chi connectivity index (χ0) is 8.27. The van der Waals surface area contributed by atoms with Crippen LogP contribution in [-0.2, 0) is 0 Å². The first kappa shape index (κ1) is 8.27. The zero-order valence-electron chi connectivity index (χ0n) is 5.84. The molecule has 4 heteroatoms. The number of pyridine rings is 1. The highest BCUT2D eigenvalue weighted by Gasteiger charge is 2.06. The average Bonchev–Trinajstić information content (AvgIpc) is 2.04. The van der Waals surface area contributed by atoms with Crippen LogP contribution in [0.1, 0.15) is 0 Å². The summed E-state index contributed by atoms with van der Waals surface area (Å²) in [6.07, 6.45) is 1.59. The Kier molecular flexibility index (Phi) is 2.65. The first-order chi connectivity index (χ1) is 5.29. The molecule has 1 rings (SSSR count). The summed E-state index contributed by atoms with van der Waals surface area (Å²) < 4.78 is 5.89. The van der Waals surface area contributed by atoms with E-state index in [4.69, 9.17) is 11.3 Å². The Bertz CT molecular complexity index is 306. The third kappa shape index (κ3) is 1.60. The summed E-state index contributed by atoms with van der Waals surface area (Å²) in [4.78, 5) is 7.06. The van der Waals surface area contributed by atoms with Crippen molar-refractivity contribution in [3.8, 4) is 5.75 Å². The van der Waals surface area contributed by atoms with Gasteiger partial charge in [0.1, 0.15) is 6.20 Å². The monoisotopic (exact) mass is 260 g/mol. The van der Waals surface area contributed by atoms with Crippen LogP contribution >= 0.6 is 22.6 Å². The molecule has 1 aromatic rings. The third-order valence-electron chi connectivity index (χ3n) is 1.15. The van der Waals surface area contributed by atoms with E-state index in [0.29, 0.717) is 11.6 Å². The molecule has 0 fully saturated rings. The summed E-state index contributed by atoms with van der Waals surface area (Å²) in [6, 6.07) is 1.80. The van der Waals surface area contributed by atoms with E-state index in [1.54, 1.807) is 12.3 Å². The van der Waals surface area contributed by atoms with E-state index in [0.717, 1.165) is 3.57 Å². The summed E-state index contributed by atoms with van der Waals surface area (Å²) in [5.41, 5.74) is 0. The summed E-state index contributed by atoms with van der Waals surface area (Å²) in [6.45, 7) is 6.76. The maximum absolute atomic E-state index is 6.76. The van der Waals surface area contributed by atoms with E-state index in [-0.39, 0.29) is 0 Å². The van der Waals surface area contributed by atoms with Crippen molar-refractivity contribution < 1.29 is 4.74 Å². The molecule has 0 saturated carbocycles. The van der Waals surface area contributed by atoms with Crippen LogP contribution in [0.3, 0.4) is 0 Å². The molecule has 0 aliphatic rings. The molecule has 0 aliphatic carbocycles. The lowest BCUT2D eigenvalue weighted by Crippen LogP contribution is -1.87. The van der Waals surface area contributed by atoms with Gasteiger partial charge >= 0.3 is 5.82 Å². The number of ether oxygens (including phenoxy) is 1. The van der Waals surface area contributed by atoms with Gasteiger partial charge in [-0.05, 0) is 28.7 Å². The molecular formula is C7H5IN2O. The van der Waals surface area contributed by atoms with Crippen molar-refractivity contribution in [2.45, 2.75) is 0 Å². The Morgan fingerprint density at radius 3 is 2.91 bits per heavy atom. The minimum Gasteiger partial charge on any atom is -0.505 e. The smallest absolute Gasteiger partial charge is 0.313 e. The lowest BCUT2D eigenvalue weighted by Gasteiger charge is -2.02. The van der Waals surface area contributed by atoms with Crippen molar-refractivity contribution in [1.29, 1.82) is 0 Å². The molecule has 0 unspecified atom stereocenters. The van der Waals surface area contributed by atoms with Gasteiger partial charge in [-0.25, -0.2) is 0 Å². The highest BCUT2D eigenvalue weighted by molar-refractivity contribution is 14.1. The SMILES string of the molecule is [C-]#[N+]c1nccc(I)c1OC. The van der Waals surface area contributed by atoms with Gasteiger partial charge in [-0.1, -0.05) is 6.57 Å². The Morgan fingerprint density at radius 1 is 1.73 bits per heavy atom. The minimum absolute atomic E-state index is 0.319. The molecule has 56 valence electrons. The predicted molar refractivity (Wildman–Crippen MR) is 49.8 cm³/mol. The van der Waals surface area contributed by atoms with E-state index in [1.165, 1.54) is 7.11 Å². The fourth-order valence-electron chi connectivity index (χ4n) is 0.683. The standard InChI is InChI=1S/C7H5IN2O/c1-9-7-6(11-2)5(8)3-4-10-7/h3-4H,2H3. The Hall–Kier alpha value is -0.830. The quantitative estimate of drug-likeness (QED) is 0.571. The highest BCUT2D eigenvalue weighted by Crippen LogP contribution is 2.29. The van der Waals surface area contributed by atoms with Gasteiger partial charge in [0.05, 0.1) is 7.11 Å². The number of hydrogen-bond donors (Lipinski definition) is 0. The number of nitrogens with zero attached hydrogens (tertiary/aromatic N) is 2. The first-order valence-electron chi connectivity index (χ1n) is 2.85. The topological polar surface area (TPSA) is 26.5 Å². The molecule has 1 heterocycles. The average molecular weight is 260 g/mol. The fourth-order valence-corrected chi connectivity index (χ4v) is 1.31. The molecule has 1 aromatic heterocycles. The van der Waals surface area contributed by atoms with E-state index >= 15 is 0 Å². The Labute approximate surface area is 78.4 Å². The second-order valence-electron chi connectivity index (χ2n) is 1.76. The van der Waals surface area contributed by atoms with Crippen molar-refractivity contribution in [1.82, 2.24) is 4.98 Å². The van der Waals surface area contributed by atoms with Crippen LogP contribution in [0.2, 0.25) is 0 Å². The molecule has 0 aromatic carbocycles. The molecule has 0 radical (unpaired) electrons. The van der Waals surface area contributed by atoms with Gasteiger partial charge in [0.25, 0.3) is 0 Å². The van der Waals surface area contributed by atoms with Crippen molar-refractivity contribution in [3.63, 3.8) is 0 Å². The molecule has 0 atom stereocenters. The van der Waals surface area contributed by atoms with E-state index < -0.39 is 0 Å². The number of aromatic nitrogens is 1. The van der Waals surface area contributed by atoms with Gasteiger partial charge in [0.2, 0.25) is 0 Å². The van der Waals surface area contributed by atoms with Gasteiger partial charge in [-0.3, -0.25) is 0 Å². The molecule has 0 N–H and O–H groups in total. The molecule has 0 saturated heterocycles. The molecule has 11 heavy (non-hydrogen) atoms. The van der Waals surface area contributed by atoms with E-state index in [1.807, 2.05) is 0 Å². The predicted octanol–water partition coefficient (Wildman–Crippen LogP) is 2.25. The highest BCUT2D eigenvalue weighted by atomic mass is 127. The van der Waals surface area contributed by atoms with Crippen LogP contribution < -0.4 is 4.74 Å². The molecule has 3 nitrogen and oxygen atoms in total. The first-order valence-corrected chi connectivity index (χ1v) is 3.93. The van der Waals surface area contributed by atoms with E-state index in [2.05, 4.69) is 32.4 Å². The zero-order valence-corrected chi connectivity index (χ0v) is 7.99. The number of rotatable bonds is 1. The van der Waals surface area contributed by atoms with E-state index in [9.17, 15) is 0 Å². The Morgan fingerprint density at radius 2 is 2.45 bits per heavy atom. The normalized spacial score (nSPS) is 8.82. The summed E-state index contributed by atoms with van der Waals surface area (Å²) in [5, 5.41) is 0. The maximum Gasteiger partial charge on any atom is 0.313 e. The largest absolute Gasteiger partial charge is 0.505 e. The van der Waals surface area contributed by atoms with Crippen LogP contribution in [0.15, 0.2) is 12.3 Å². The Balaban J connectivity index is 3.27. The van der Waals surface area contributed by atoms with Crippen LogP contribution in [0, 0.1) is 10.1 Å². The van der Waals surface area contributed by atoms with Crippen molar-refractivity contribution >= 4 is 28.4 Å². The van der Waals surface area contributed by atoms with Crippen LogP contribution in [0.4, 0.5) is 5.82 Å². The van der Waals surface area contributed by atoms with Gasteiger partial charge in [0.15, 0.2) is 5.75 Å². The van der Waals surface area contributed by atoms with Gasteiger partial charge < -0.3 is 9.58 Å². The van der Waals surface area contributed by atoms with Gasteiger partial charge in [-0.15, -0.1) is 4.98 Å². The molecule has 0 aliphatic heterocycles. The summed E-state index contributed by atoms with van der Waals surface area (Å²) in [7, 11) is 1.54. The van der Waals surface area contributed by atoms with Crippen molar-refractivity contribution in [2.75, 3.05) is 7.11 Å².